The van der Waals surface area contributed by atoms with Crippen molar-refractivity contribution in [2.75, 3.05) is 6.54 Å². The van der Waals surface area contributed by atoms with Crippen LogP contribution in [0.25, 0.3) is 0 Å². The van der Waals surface area contributed by atoms with E-state index in [1.165, 1.54) is 11.8 Å². The van der Waals surface area contributed by atoms with Crippen molar-refractivity contribution in [2.45, 2.75) is 59.2 Å². The average molecular weight is 284 g/mol. The van der Waals surface area contributed by atoms with Crippen LogP contribution in [-0.4, -0.2) is 52.3 Å². The molecule has 1 fully saturated rings. The topological polar surface area (TPSA) is 86.7 Å². The second kappa shape index (κ2) is 5.91. The summed E-state index contributed by atoms with van der Waals surface area (Å²) in [4.78, 5) is 37.1. The van der Waals surface area contributed by atoms with Gasteiger partial charge in [-0.05, 0) is 13.8 Å². The summed E-state index contributed by atoms with van der Waals surface area (Å²) in [5.41, 5.74) is -0.584. The van der Waals surface area contributed by atoms with Gasteiger partial charge in [-0.25, -0.2) is 0 Å². The number of rotatable bonds is 3. The lowest BCUT2D eigenvalue weighted by molar-refractivity contribution is -0.141. The highest BCUT2D eigenvalue weighted by atomic mass is 16.3. The molecule has 20 heavy (non-hydrogen) atoms. The number of Topliss-reactive ketones (excluding diaryl/α,β-unsaturated/α-hetero) is 1. The van der Waals surface area contributed by atoms with Gasteiger partial charge < -0.3 is 15.3 Å². The lowest BCUT2D eigenvalue weighted by Crippen LogP contribution is -2.52. The summed E-state index contributed by atoms with van der Waals surface area (Å²) in [5, 5.41) is 12.3. The third-order valence-corrected chi connectivity index (χ3v) is 3.43. The summed E-state index contributed by atoms with van der Waals surface area (Å²) in [6.07, 6.45) is -0.417. The van der Waals surface area contributed by atoms with E-state index in [9.17, 15) is 19.5 Å². The second-order valence-corrected chi connectivity index (χ2v) is 6.45. The van der Waals surface area contributed by atoms with Gasteiger partial charge in [-0.1, -0.05) is 20.8 Å². The number of ketones is 1. The zero-order valence-corrected chi connectivity index (χ0v) is 12.8. The molecule has 6 nitrogen and oxygen atoms in total. The first-order valence-corrected chi connectivity index (χ1v) is 6.84. The van der Waals surface area contributed by atoms with E-state index in [0.717, 1.165) is 0 Å². The van der Waals surface area contributed by atoms with Crippen LogP contribution >= 0.6 is 0 Å². The van der Waals surface area contributed by atoms with Gasteiger partial charge in [0.25, 0.3) is 0 Å². The minimum absolute atomic E-state index is 0.138. The Labute approximate surface area is 119 Å². The van der Waals surface area contributed by atoms with Crippen molar-refractivity contribution >= 4 is 17.6 Å². The molecule has 1 aliphatic heterocycles. The first-order valence-electron chi connectivity index (χ1n) is 6.84. The van der Waals surface area contributed by atoms with E-state index in [2.05, 4.69) is 5.32 Å². The highest BCUT2D eigenvalue weighted by Crippen LogP contribution is 2.20. The number of aliphatic hydroxyl groups excluding tert-OH is 1. The van der Waals surface area contributed by atoms with Crippen LogP contribution in [0.3, 0.4) is 0 Å². The average Bonchev–Trinajstić information content (AvgIpc) is 2.69. The largest absolute Gasteiger partial charge is 0.391 e. The van der Waals surface area contributed by atoms with Gasteiger partial charge in [0.2, 0.25) is 11.8 Å². The second-order valence-electron chi connectivity index (χ2n) is 6.45. The Morgan fingerprint density at radius 3 is 2.30 bits per heavy atom. The Morgan fingerprint density at radius 1 is 1.30 bits per heavy atom. The van der Waals surface area contributed by atoms with Crippen molar-refractivity contribution < 1.29 is 19.5 Å². The molecule has 2 amide bonds. The normalized spacial score (nSPS) is 24.4. The zero-order chi connectivity index (χ0) is 15.7. The molecule has 0 saturated carbocycles. The summed E-state index contributed by atoms with van der Waals surface area (Å²) in [6, 6.07) is -1.31. The van der Waals surface area contributed by atoms with Crippen LogP contribution in [0.4, 0.5) is 0 Å². The number of aliphatic hydroxyl groups is 1. The molecular weight excluding hydrogens is 260 g/mol. The fourth-order valence-electron chi connectivity index (χ4n) is 2.17. The van der Waals surface area contributed by atoms with E-state index in [4.69, 9.17) is 0 Å². The maximum Gasteiger partial charge on any atom is 0.245 e. The summed E-state index contributed by atoms with van der Waals surface area (Å²) in [7, 11) is 0. The molecule has 6 heteroatoms. The van der Waals surface area contributed by atoms with E-state index >= 15 is 0 Å². The highest BCUT2D eigenvalue weighted by molar-refractivity contribution is 5.93. The quantitative estimate of drug-likeness (QED) is 0.769. The van der Waals surface area contributed by atoms with Crippen LogP contribution in [0.2, 0.25) is 0 Å². The molecule has 2 N–H and O–H groups in total. The van der Waals surface area contributed by atoms with E-state index in [-0.39, 0.29) is 30.6 Å². The van der Waals surface area contributed by atoms with Crippen LogP contribution in [0.15, 0.2) is 0 Å². The van der Waals surface area contributed by atoms with Crippen molar-refractivity contribution in [3.63, 3.8) is 0 Å². The van der Waals surface area contributed by atoms with Crippen LogP contribution < -0.4 is 5.32 Å². The zero-order valence-electron chi connectivity index (χ0n) is 12.8. The summed E-state index contributed by atoms with van der Waals surface area (Å²) in [5.74, 6) is -0.707. The van der Waals surface area contributed by atoms with Crippen LogP contribution in [-0.2, 0) is 14.4 Å². The molecule has 0 aromatic carbocycles. The lowest BCUT2D eigenvalue weighted by Gasteiger charge is -2.28. The van der Waals surface area contributed by atoms with E-state index in [1.807, 2.05) is 0 Å². The number of hydrogen-bond donors (Lipinski definition) is 2. The van der Waals surface area contributed by atoms with Crippen LogP contribution in [0.1, 0.15) is 41.0 Å². The van der Waals surface area contributed by atoms with Gasteiger partial charge in [0.15, 0.2) is 5.78 Å². The predicted molar refractivity (Wildman–Crippen MR) is 73.9 cm³/mol. The van der Waals surface area contributed by atoms with Crippen molar-refractivity contribution in [1.82, 2.24) is 10.2 Å². The number of nitrogens with zero attached hydrogens (tertiary/aromatic N) is 1. The lowest BCUT2D eigenvalue weighted by atomic mass is 9.95. The fourth-order valence-corrected chi connectivity index (χ4v) is 2.17. The molecule has 114 valence electrons. The molecule has 1 saturated heterocycles. The molecule has 1 heterocycles. The molecule has 0 spiro atoms. The van der Waals surface area contributed by atoms with E-state index in [0.29, 0.717) is 0 Å². The highest BCUT2D eigenvalue weighted by Gasteiger charge is 2.39. The number of β-amino-alcohol motifs (C(OH)–C–C–N with tert-alkyl or cyclic N) is 1. The minimum Gasteiger partial charge on any atom is -0.391 e. The molecule has 3 atom stereocenters. The van der Waals surface area contributed by atoms with Gasteiger partial charge in [-0.3, -0.25) is 14.4 Å². The number of carbonyl (C=O) groups is 3. The molecule has 1 rings (SSSR count). The fraction of sp³-hybridized carbons (Fsp3) is 0.786. The molecule has 0 radical (unpaired) electrons. The predicted octanol–water partition coefficient (Wildman–Crippen LogP) is 0.0880. The van der Waals surface area contributed by atoms with Crippen molar-refractivity contribution in [2.24, 2.45) is 5.41 Å². The summed E-state index contributed by atoms with van der Waals surface area (Å²) in [6.45, 7) is 8.42. The third-order valence-electron chi connectivity index (χ3n) is 3.43. The Balaban J connectivity index is 2.74. The Hall–Kier alpha value is -1.43. The van der Waals surface area contributed by atoms with Crippen molar-refractivity contribution in [1.29, 1.82) is 0 Å². The minimum atomic E-state index is -0.714. The number of carbonyl (C=O) groups excluding carboxylic acids is 3. The Bertz CT molecular complexity index is 414. The molecule has 0 unspecified atom stereocenters. The van der Waals surface area contributed by atoms with E-state index < -0.39 is 23.6 Å². The first-order chi connectivity index (χ1) is 9.04. The molecule has 0 aliphatic carbocycles. The number of hydrogen-bond acceptors (Lipinski definition) is 4. The SMILES string of the molecule is CC(=O)[C@@H]1C[C@H](O)CN1C(=O)[C@H](C)NC(=O)C(C)(C)C. The van der Waals surface area contributed by atoms with Gasteiger partial charge in [-0.2, -0.15) is 0 Å². The first kappa shape index (κ1) is 16.6. The summed E-state index contributed by atoms with van der Waals surface area (Å²) >= 11 is 0. The standard InChI is InChI=1S/C14H24N2O4/c1-8(15-13(20)14(3,4)5)12(19)16-7-10(18)6-11(16)9(2)17/h8,10-11,18H,6-7H2,1-5H3,(H,15,20)/t8-,10-,11-/m0/s1. The maximum atomic E-state index is 12.3. The summed E-state index contributed by atoms with van der Waals surface area (Å²) < 4.78 is 0. The maximum absolute atomic E-state index is 12.3. The van der Waals surface area contributed by atoms with Gasteiger partial charge in [0.05, 0.1) is 12.1 Å². The molecule has 0 aromatic rings. The van der Waals surface area contributed by atoms with Crippen molar-refractivity contribution in [3.8, 4) is 0 Å². The molecule has 0 bridgehead atoms. The number of nitrogens with one attached hydrogen (secondary N) is 1. The van der Waals surface area contributed by atoms with E-state index in [1.54, 1.807) is 27.7 Å². The smallest absolute Gasteiger partial charge is 0.245 e. The van der Waals surface area contributed by atoms with Crippen LogP contribution in [0.5, 0.6) is 0 Å². The monoisotopic (exact) mass is 284 g/mol. The molecular formula is C14H24N2O4. The van der Waals surface area contributed by atoms with Gasteiger partial charge >= 0.3 is 0 Å². The molecule has 0 aromatic heterocycles. The third kappa shape index (κ3) is 3.79. The Kier molecular flexibility index (Phi) is 4.91. The molecule has 1 aliphatic rings. The number of likely N-dealkylation sites (tertiary alicyclic amines) is 1. The Morgan fingerprint density at radius 2 is 1.85 bits per heavy atom. The van der Waals surface area contributed by atoms with Gasteiger partial charge in [-0.15, -0.1) is 0 Å². The van der Waals surface area contributed by atoms with Crippen molar-refractivity contribution in [3.05, 3.63) is 0 Å². The van der Waals surface area contributed by atoms with Gasteiger partial charge in [0, 0.05) is 18.4 Å². The van der Waals surface area contributed by atoms with Crippen LogP contribution in [0, 0.1) is 5.41 Å². The number of amides is 2. The van der Waals surface area contributed by atoms with Gasteiger partial charge in [0.1, 0.15) is 6.04 Å².